The number of aliphatic hydroxyl groups is 24. The van der Waals surface area contributed by atoms with E-state index in [1.165, 1.54) is 0 Å². The van der Waals surface area contributed by atoms with Crippen LogP contribution in [0.3, 0.4) is 0 Å². The van der Waals surface area contributed by atoms with E-state index in [1.54, 1.807) is 6.92 Å². The van der Waals surface area contributed by atoms with Gasteiger partial charge in [-0.3, -0.25) is 9.59 Å². The Morgan fingerprint density at radius 3 is 1.12 bits per heavy atom. The van der Waals surface area contributed by atoms with Crippen LogP contribution in [0, 0.1) is 56.2 Å². The molecule has 15 rings (SSSR count). The average molecular weight is 1950 g/mol. The van der Waals surface area contributed by atoms with E-state index in [-0.39, 0.29) is 88.9 Å². The van der Waals surface area contributed by atoms with Gasteiger partial charge in [0.15, 0.2) is 25.2 Å². The van der Waals surface area contributed by atoms with Crippen molar-refractivity contribution < 1.29 is 217 Å². The van der Waals surface area contributed by atoms with Crippen LogP contribution in [0.2, 0.25) is 0 Å². The number of carbonyl (C=O) groups is 2. The summed E-state index contributed by atoms with van der Waals surface area (Å²) in [6.45, 7) is 13.9. The zero-order valence-electron chi connectivity index (χ0n) is 70.8. The van der Waals surface area contributed by atoms with Crippen LogP contribution in [0.1, 0.15) is 157 Å². The summed E-state index contributed by atoms with van der Waals surface area (Å²) in [6, 6.07) is 0. The molecule has 717 valence electrons. The molecule has 8 aliphatic carbocycles. The maximum absolute atomic E-state index is 14.6. The maximum Gasteiger partial charge on any atom is 0.314 e. The fourth-order valence-corrected chi connectivity index (χ4v) is 25.6. The van der Waals surface area contributed by atoms with Gasteiger partial charge in [-0.05, 0) is 179 Å². The number of hydrogen-bond acceptors (Lipinski definition) is 40. The number of halogens is 1. The number of aliphatic hydroxyl groups excluding tert-OH is 24. The van der Waals surface area contributed by atoms with Crippen LogP contribution in [0.5, 0.6) is 0 Å². The van der Waals surface area contributed by atoms with Gasteiger partial charge >= 0.3 is 11.9 Å². The summed E-state index contributed by atoms with van der Waals surface area (Å²) in [5, 5.41) is 252. The molecule has 6 unspecified atom stereocenters. The van der Waals surface area contributed by atoms with Crippen molar-refractivity contribution in [2.75, 3.05) is 46.2 Å². The Morgan fingerprint density at radius 2 is 0.736 bits per heavy atom. The van der Waals surface area contributed by atoms with Gasteiger partial charge < -0.3 is 189 Å². The predicted octanol–water partition coefficient (Wildman–Crippen LogP) is -6.02. The third-order valence-corrected chi connectivity index (χ3v) is 32.4. The largest absolute Gasteiger partial charge is 0.432 e. The molecule has 24 N–H and O–H groups in total. The zero-order chi connectivity index (χ0) is 89.5. The van der Waals surface area contributed by atoms with E-state index < -0.39 is 294 Å². The van der Waals surface area contributed by atoms with Gasteiger partial charge in [0.2, 0.25) is 18.4 Å². The summed E-state index contributed by atoms with van der Waals surface area (Å²) in [7, 11) is 0. The van der Waals surface area contributed by atoms with E-state index >= 15 is 0 Å². The number of esters is 2. The minimum Gasteiger partial charge on any atom is -0.432 e. The van der Waals surface area contributed by atoms with Crippen LogP contribution in [0.4, 0.5) is 0 Å². The summed E-state index contributed by atoms with van der Waals surface area (Å²) in [6.07, 6.45) is -40.9. The predicted molar refractivity (Wildman–Crippen MR) is 424 cm³/mol. The number of rotatable bonds is 21. The van der Waals surface area contributed by atoms with Crippen LogP contribution in [-0.2, 0) is 94.5 Å². The van der Waals surface area contributed by atoms with Crippen molar-refractivity contribution in [3.63, 3.8) is 0 Å². The molecule has 7 heterocycles. The summed E-state index contributed by atoms with van der Waals surface area (Å²) in [5.41, 5.74) is -3.87. The summed E-state index contributed by atoms with van der Waals surface area (Å²) >= 11 is 0. The van der Waals surface area contributed by atoms with Crippen LogP contribution in [0.25, 0.3) is 0 Å². The van der Waals surface area contributed by atoms with Gasteiger partial charge in [-0.25, -0.2) is 0 Å². The maximum atomic E-state index is 14.6. The van der Waals surface area contributed by atoms with Gasteiger partial charge in [0, 0.05) is 18.6 Å². The van der Waals surface area contributed by atoms with E-state index in [0.717, 1.165) is 30.4 Å². The molecule has 4 bridgehead atoms. The van der Waals surface area contributed by atoms with Crippen LogP contribution < -0.4 is 0 Å². The van der Waals surface area contributed by atoms with E-state index in [4.69, 9.17) is 66.3 Å². The first-order valence-electron chi connectivity index (χ1n) is 43.6. The van der Waals surface area contributed by atoms with Crippen LogP contribution in [0.15, 0.2) is 24.3 Å². The SMILES string of the molecule is C=C1C[C@@]23CCC4C(C)(C(=O)O[C@@H]5O[C@H](CO)[C@H](O)[C@@H](O)[C@H]5O)CCC[C@@]4(C)C2CC[C@]1(O[C@@H]1O[C@H](CO)[C@@H](O)[C@H](O)[C@H]1O[C@@H]1O[C@H](CO)[C@@H](O)[C@H](O)[C@H]1O)C3.C=C1C[C@@]23CCC4C(C)(C(=O)O[C@@H]5O[C@H](CO[C@]6(CO)OC[C@@H](O)[C@@H](O)[C@@H]6O)[C@H](O)[C@@H](O)[C@H]5O)CCC[C@@]4(C)C2CC[C@]1(O[C@@H]1O[C@H](CO)[C@@H](O)[C@H](O)[C@H]1O[C@@H]1O[C@H](CC)[C@@H](O)[C@H](O)[C@H]1O)C3.I.[V]. The molecule has 7 saturated heterocycles. The van der Waals surface area contributed by atoms with Crippen molar-refractivity contribution in [2.24, 2.45) is 56.2 Å². The van der Waals surface area contributed by atoms with Gasteiger partial charge in [0.1, 0.15) is 165 Å². The van der Waals surface area contributed by atoms with Gasteiger partial charge in [-0.2, -0.15) is 0 Å². The molecule has 1 radical (unpaired) electrons. The minimum atomic E-state index is -2.23. The molecule has 8 saturated carbocycles. The van der Waals surface area contributed by atoms with Crippen molar-refractivity contribution in [3.8, 4) is 0 Å². The van der Waals surface area contributed by atoms with Crippen molar-refractivity contribution >= 4 is 35.9 Å². The average Bonchev–Trinajstić information content (AvgIpc) is 1.59. The van der Waals surface area contributed by atoms with Crippen molar-refractivity contribution in [1.82, 2.24) is 0 Å². The van der Waals surface area contributed by atoms with Gasteiger partial charge in [-0.15, -0.1) is 24.0 Å². The van der Waals surface area contributed by atoms with Crippen LogP contribution >= 0.6 is 24.0 Å². The van der Waals surface area contributed by atoms with Crippen molar-refractivity contribution in [1.29, 1.82) is 0 Å². The summed E-state index contributed by atoms with van der Waals surface area (Å²) < 4.78 is 83.1. The first-order chi connectivity index (χ1) is 57.9. The van der Waals surface area contributed by atoms with E-state index in [1.807, 2.05) is 13.8 Å². The first-order valence-corrected chi connectivity index (χ1v) is 43.6. The van der Waals surface area contributed by atoms with Gasteiger partial charge in [0.25, 0.3) is 0 Å². The Morgan fingerprint density at radius 1 is 0.400 bits per heavy atom. The molecule has 2 spiro atoms. The molecule has 0 aromatic rings. The molecule has 0 aromatic heterocycles. The number of hydrogen-bond donors (Lipinski definition) is 24. The summed E-state index contributed by atoms with van der Waals surface area (Å²) in [4.78, 5) is 28.7. The van der Waals surface area contributed by atoms with Gasteiger partial charge in [-0.1, -0.05) is 46.8 Å². The molecule has 0 amide bonds. The second-order valence-corrected chi connectivity index (χ2v) is 39.1. The Balaban J connectivity index is 0.000000227. The standard InChI is InChI=1S/C45H72O22.C38H60O18.HI.V/c1-5-21-27(50)30(53)33(56)37(62-21)65-35-32(55)28(51)22(14-46)63-39(35)67-44-12-8-25-41(3)9-6-10-42(4,24(41)7-11-43(25,17-44)13-19(44)2)40(59)66-38-34(57)31(54)29(52)23(64-38)16-61-45(18-47)36(58)26(49)20(48)15-60-45;1-16-11-37-9-5-20-35(2,7-4-8-36(20,3)34(50)55-32-29(49)26(46)23(43)18(13-40)52-32)21(37)6-10-38(16,15-37)56-33-30(27(47)24(44)19(14-41)53-33)54-31-28(48)25(45)22(42)17(12-39)51-31;;/h20-39,46-58H,2,5-18H2,1,3-4H3;17-33,39-49H,1,4-15H2,2-3H3;1H;/t20-,21-,22-,23-,24?,25?,26-,27-,28-,29+,30+,31-,32+,33-,34-,35-,36+,37+,38+,39+,41-,42?,43-,44+,45+;17-,18-,19-,20?,21?,22-,23+,24-,25+,26-,27+,28-,29-,30-,31+,32+,33+,35-,36?,37-,38+;;/m11../s1. The monoisotopic (exact) mass is 1950 g/mol. The van der Waals surface area contributed by atoms with Gasteiger partial charge in [0.05, 0.1) is 67.8 Å². The summed E-state index contributed by atoms with van der Waals surface area (Å²) in [5.74, 6) is -3.65. The molecular weight excluding hydrogens is 1810 g/mol. The normalized spacial score (nSPS) is 53.7. The third kappa shape index (κ3) is 17.6. The van der Waals surface area contributed by atoms with Crippen molar-refractivity contribution in [2.45, 2.75) is 376 Å². The Kier molecular flexibility index (Phi) is 31.8. The quantitative estimate of drug-likeness (QED) is 0.0220. The molecule has 0 aromatic carbocycles. The molecule has 46 atom stereocenters. The first kappa shape index (κ1) is 102. The molecular formula is C83H133IO40V. The second-order valence-electron chi connectivity index (χ2n) is 39.1. The fraction of sp³-hybridized carbons (Fsp3) is 0.928. The third-order valence-electron chi connectivity index (χ3n) is 32.4. The van der Waals surface area contributed by atoms with E-state index in [0.29, 0.717) is 96.3 Å². The Labute approximate surface area is 751 Å². The Hall–Kier alpha value is -1.71. The second kappa shape index (κ2) is 38.8. The molecule has 125 heavy (non-hydrogen) atoms. The van der Waals surface area contributed by atoms with E-state index in [9.17, 15) is 132 Å². The van der Waals surface area contributed by atoms with Crippen LogP contribution in [-0.4, -0.2) is 400 Å². The smallest absolute Gasteiger partial charge is 0.314 e. The number of carbonyl (C=O) groups excluding carboxylic acids is 2. The minimum absolute atomic E-state index is 0. The van der Waals surface area contributed by atoms with Crippen molar-refractivity contribution in [3.05, 3.63) is 24.3 Å². The number of fused-ring (bicyclic) bond motifs is 6. The zero-order valence-corrected chi connectivity index (χ0v) is 74.5. The molecule has 42 heteroatoms. The molecule has 15 fully saturated rings. The topological polar surface area (TPSA) is 649 Å². The molecule has 40 nitrogen and oxygen atoms in total. The molecule has 15 aliphatic rings. The number of ether oxygens (including phenoxy) is 14. The fourth-order valence-electron chi connectivity index (χ4n) is 25.6. The Bertz CT molecular complexity index is 3700. The molecule has 7 aliphatic heterocycles. The van der Waals surface area contributed by atoms with E-state index in [2.05, 4.69) is 27.0 Å².